The summed E-state index contributed by atoms with van der Waals surface area (Å²) in [6.45, 7) is 0.227. The molecule has 3 rings (SSSR count). The summed E-state index contributed by atoms with van der Waals surface area (Å²) in [6.07, 6.45) is 1.44. The van der Waals surface area contributed by atoms with Crippen LogP contribution < -0.4 is 9.47 Å². The summed E-state index contributed by atoms with van der Waals surface area (Å²) in [7, 11) is -1.78. The Bertz CT molecular complexity index is 825. The summed E-state index contributed by atoms with van der Waals surface area (Å²) in [4.78, 5) is 13.6. The van der Waals surface area contributed by atoms with Crippen LogP contribution in [0.1, 0.15) is 5.76 Å². The molecule has 0 N–H and O–H groups in total. The molecule has 1 saturated heterocycles. The molecule has 0 atom stereocenters. The van der Waals surface area contributed by atoms with Gasteiger partial charge in [-0.15, -0.1) is 0 Å². The molecular formula is C17H19NO6S. The molecule has 2 heterocycles. The molecule has 1 aromatic carbocycles. The van der Waals surface area contributed by atoms with Gasteiger partial charge in [-0.05, 0) is 24.3 Å². The maximum atomic E-state index is 12.3. The maximum absolute atomic E-state index is 12.3. The van der Waals surface area contributed by atoms with Crippen LogP contribution in [0.25, 0.3) is 0 Å². The summed E-state index contributed by atoms with van der Waals surface area (Å²) in [5.74, 6) is 1.18. The van der Waals surface area contributed by atoms with Crippen molar-refractivity contribution in [3.63, 3.8) is 0 Å². The van der Waals surface area contributed by atoms with E-state index in [9.17, 15) is 13.2 Å². The van der Waals surface area contributed by atoms with Crippen LogP contribution in [-0.4, -0.2) is 51.3 Å². The Morgan fingerprint density at radius 1 is 1.24 bits per heavy atom. The maximum Gasteiger partial charge on any atom is 0.260 e. The second kappa shape index (κ2) is 7.18. The lowest BCUT2D eigenvalue weighted by Crippen LogP contribution is -2.58. The molecule has 25 heavy (non-hydrogen) atoms. The lowest BCUT2D eigenvalue weighted by molar-refractivity contribution is -0.136. The summed E-state index contributed by atoms with van der Waals surface area (Å²) in [5.41, 5.74) is 0. The van der Waals surface area contributed by atoms with Crippen LogP contribution in [0.15, 0.2) is 47.1 Å². The molecule has 1 amide bonds. The number of nitrogens with zero attached hydrogens (tertiary/aromatic N) is 1. The zero-order chi connectivity index (χ0) is 17.9. The van der Waals surface area contributed by atoms with Crippen molar-refractivity contribution >= 4 is 15.7 Å². The zero-order valence-corrected chi connectivity index (χ0v) is 14.6. The summed E-state index contributed by atoms with van der Waals surface area (Å²) >= 11 is 0. The molecule has 0 unspecified atom stereocenters. The minimum absolute atomic E-state index is 0.141. The van der Waals surface area contributed by atoms with Gasteiger partial charge in [0, 0.05) is 19.2 Å². The number of carbonyl (C=O) groups is 1. The van der Waals surface area contributed by atoms with Gasteiger partial charge in [-0.2, -0.15) is 0 Å². The minimum atomic E-state index is -3.33. The molecule has 1 aliphatic rings. The van der Waals surface area contributed by atoms with Gasteiger partial charge in [-0.3, -0.25) is 4.79 Å². The van der Waals surface area contributed by atoms with Crippen LogP contribution in [0.3, 0.4) is 0 Å². The van der Waals surface area contributed by atoms with E-state index in [1.807, 2.05) is 0 Å². The standard InChI is InChI=1S/C17H19NO6S/c1-22-13-4-2-5-14(8-13)24-11-17(19)18-9-16(10-18)25(20,21)12-15-6-3-7-23-15/h2-8,16H,9-12H2,1H3. The first-order chi connectivity index (χ1) is 12.0. The lowest BCUT2D eigenvalue weighted by atomic mass is 10.2. The SMILES string of the molecule is COc1cccc(OCC(=O)N2CC(S(=O)(=O)Cc3ccco3)C2)c1. The monoisotopic (exact) mass is 365 g/mol. The number of methoxy groups -OCH3 is 1. The van der Waals surface area contributed by atoms with E-state index in [0.29, 0.717) is 17.3 Å². The van der Waals surface area contributed by atoms with Crippen LogP contribution in [0.4, 0.5) is 0 Å². The van der Waals surface area contributed by atoms with Gasteiger partial charge in [0.25, 0.3) is 5.91 Å². The van der Waals surface area contributed by atoms with E-state index in [4.69, 9.17) is 13.9 Å². The summed E-state index contributed by atoms with van der Waals surface area (Å²) in [6, 6.07) is 10.2. The van der Waals surface area contributed by atoms with E-state index < -0.39 is 15.1 Å². The molecule has 2 aromatic rings. The molecule has 134 valence electrons. The number of hydrogen-bond donors (Lipinski definition) is 0. The highest BCUT2D eigenvalue weighted by atomic mass is 32.2. The average molecular weight is 365 g/mol. The zero-order valence-electron chi connectivity index (χ0n) is 13.8. The number of amides is 1. The molecule has 0 bridgehead atoms. The second-order valence-electron chi connectivity index (χ2n) is 5.77. The van der Waals surface area contributed by atoms with Crippen molar-refractivity contribution in [3.05, 3.63) is 48.4 Å². The van der Waals surface area contributed by atoms with Crippen molar-refractivity contribution in [3.8, 4) is 11.5 Å². The van der Waals surface area contributed by atoms with Gasteiger partial charge < -0.3 is 18.8 Å². The Hall–Kier alpha value is -2.48. The third-order valence-electron chi connectivity index (χ3n) is 4.04. The number of carbonyl (C=O) groups excluding carboxylic acids is 1. The van der Waals surface area contributed by atoms with Crippen molar-refractivity contribution in [2.45, 2.75) is 11.0 Å². The van der Waals surface area contributed by atoms with Gasteiger partial charge in [0.05, 0.1) is 18.6 Å². The lowest BCUT2D eigenvalue weighted by Gasteiger charge is -2.38. The fourth-order valence-corrected chi connectivity index (χ4v) is 4.12. The van der Waals surface area contributed by atoms with E-state index in [1.165, 1.54) is 11.2 Å². The molecular weight excluding hydrogens is 346 g/mol. The van der Waals surface area contributed by atoms with E-state index in [1.54, 1.807) is 43.5 Å². The third kappa shape index (κ3) is 4.14. The third-order valence-corrected chi connectivity index (χ3v) is 6.04. The number of ether oxygens (including phenoxy) is 2. The Labute approximate surface area is 146 Å². The van der Waals surface area contributed by atoms with E-state index in [2.05, 4.69) is 0 Å². The van der Waals surface area contributed by atoms with E-state index in [0.717, 1.165) is 0 Å². The molecule has 1 aliphatic heterocycles. The van der Waals surface area contributed by atoms with Crippen LogP contribution >= 0.6 is 0 Å². The molecule has 7 nitrogen and oxygen atoms in total. The van der Waals surface area contributed by atoms with Gasteiger partial charge in [-0.1, -0.05) is 6.07 Å². The predicted molar refractivity (Wildman–Crippen MR) is 90.2 cm³/mol. The van der Waals surface area contributed by atoms with E-state index >= 15 is 0 Å². The highest BCUT2D eigenvalue weighted by molar-refractivity contribution is 7.91. The molecule has 0 radical (unpaired) electrons. The van der Waals surface area contributed by atoms with Gasteiger partial charge >= 0.3 is 0 Å². The Morgan fingerprint density at radius 2 is 2.00 bits per heavy atom. The van der Waals surface area contributed by atoms with Crippen molar-refractivity contribution in [1.82, 2.24) is 4.90 Å². The normalized spacial score (nSPS) is 14.8. The fraction of sp³-hybridized carbons (Fsp3) is 0.353. The van der Waals surface area contributed by atoms with Crippen LogP contribution in [-0.2, 0) is 20.4 Å². The van der Waals surface area contributed by atoms with E-state index in [-0.39, 0.29) is 31.4 Å². The van der Waals surface area contributed by atoms with Crippen molar-refractivity contribution in [1.29, 1.82) is 0 Å². The highest BCUT2D eigenvalue weighted by Gasteiger charge is 2.40. The number of sulfone groups is 1. The Balaban J connectivity index is 1.48. The molecule has 0 spiro atoms. The minimum Gasteiger partial charge on any atom is -0.497 e. The predicted octanol–water partition coefficient (Wildman–Crippen LogP) is 1.49. The number of hydrogen-bond acceptors (Lipinski definition) is 6. The number of rotatable bonds is 7. The van der Waals surface area contributed by atoms with Crippen molar-refractivity contribution in [2.24, 2.45) is 0 Å². The molecule has 0 aliphatic carbocycles. The van der Waals surface area contributed by atoms with Gasteiger partial charge in [-0.25, -0.2) is 8.42 Å². The van der Waals surface area contributed by atoms with Crippen LogP contribution in [0.5, 0.6) is 11.5 Å². The number of furan rings is 1. The first-order valence-corrected chi connectivity index (χ1v) is 9.48. The van der Waals surface area contributed by atoms with Gasteiger partial charge in [0.15, 0.2) is 16.4 Å². The van der Waals surface area contributed by atoms with Crippen LogP contribution in [0, 0.1) is 0 Å². The summed E-state index contributed by atoms with van der Waals surface area (Å²) < 4.78 is 40.1. The topological polar surface area (TPSA) is 86.0 Å². The van der Waals surface area contributed by atoms with Gasteiger partial charge in [0.2, 0.25) is 0 Å². The first-order valence-electron chi connectivity index (χ1n) is 7.76. The van der Waals surface area contributed by atoms with Gasteiger partial charge in [0.1, 0.15) is 23.0 Å². The van der Waals surface area contributed by atoms with Crippen LogP contribution in [0.2, 0.25) is 0 Å². The molecule has 1 fully saturated rings. The quantitative estimate of drug-likeness (QED) is 0.739. The highest BCUT2D eigenvalue weighted by Crippen LogP contribution is 2.22. The second-order valence-corrected chi connectivity index (χ2v) is 8.06. The average Bonchev–Trinajstić information content (AvgIpc) is 3.03. The molecule has 8 heteroatoms. The van der Waals surface area contributed by atoms with Crippen molar-refractivity contribution < 1.29 is 27.1 Å². The molecule has 0 saturated carbocycles. The number of benzene rings is 1. The Kier molecular flexibility index (Phi) is 4.98. The first kappa shape index (κ1) is 17.3. The smallest absolute Gasteiger partial charge is 0.260 e. The molecule has 1 aromatic heterocycles. The largest absolute Gasteiger partial charge is 0.497 e. The number of likely N-dealkylation sites (tertiary alicyclic amines) is 1. The van der Waals surface area contributed by atoms with Crippen molar-refractivity contribution in [2.75, 3.05) is 26.8 Å². The fourth-order valence-electron chi connectivity index (χ4n) is 2.51. The Morgan fingerprint density at radius 3 is 2.68 bits per heavy atom. The summed E-state index contributed by atoms with van der Waals surface area (Å²) in [5, 5.41) is -0.557.